The van der Waals surface area contributed by atoms with Gasteiger partial charge >= 0.3 is 0 Å². The maximum absolute atomic E-state index is 13.3. The predicted octanol–water partition coefficient (Wildman–Crippen LogP) is 2.46. The third kappa shape index (κ3) is 4.50. The summed E-state index contributed by atoms with van der Waals surface area (Å²) in [6, 6.07) is 4.42. The predicted molar refractivity (Wildman–Crippen MR) is 72.9 cm³/mol. The fraction of sp³-hybridized carbons (Fsp3) is 0.0909. The molecule has 0 radical (unpaired) electrons. The van der Waals surface area contributed by atoms with Gasteiger partial charge in [0.25, 0.3) is 0 Å². The molecule has 1 rings (SSSR count). The summed E-state index contributed by atoms with van der Waals surface area (Å²) >= 11 is 10.7. The first-order chi connectivity index (χ1) is 8.15. The number of rotatable bonds is 4. The van der Waals surface area contributed by atoms with Crippen LogP contribution in [0.3, 0.4) is 0 Å². The topological polar surface area (TPSA) is 36.4 Å². The minimum absolute atomic E-state index is 0.216. The van der Waals surface area contributed by atoms with Crippen molar-refractivity contribution in [3.63, 3.8) is 0 Å². The van der Waals surface area contributed by atoms with Gasteiger partial charge in [-0.05, 0) is 24.4 Å². The third-order valence-corrected chi connectivity index (χ3v) is 2.33. The summed E-state index contributed by atoms with van der Waals surface area (Å²) in [5.41, 5.74) is 2.75. The zero-order valence-electron chi connectivity index (χ0n) is 8.91. The lowest BCUT2D eigenvalue weighted by Gasteiger charge is -2.03. The highest BCUT2D eigenvalue weighted by Crippen LogP contribution is 2.16. The number of thiocarbonyl (C=S) groups is 1. The normalized spacial score (nSPS) is 10.2. The summed E-state index contributed by atoms with van der Waals surface area (Å²) in [5.74, 6) is -0.437. The molecule has 3 nitrogen and oxygen atoms in total. The van der Waals surface area contributed by atoms with Gasteiger partial charge in [-0.25, -0.2) is 4.39 Å². The zero-order chi connectivity index (χ0) is 12.7. The number of benzene rings is 1. The molecule has 0 saturated heterocycles. The molecule has 0 aliphatic carbocycles. The van der Waals surface area contributed by atoms with Crippen LogP contribution < -0.4 is 10.7 Å². The second-order valence-electron chi connectivity index (χ2n) is 3.00. The van der Waals surface area contributed by atoms with Crippen LogP contribution in [0.25, 0.3) is 0 Å². The van der Waals surface area contributed by atoms with E-state index in [0.29, 0.717) is 16.7 Å². The van der Waals surface area contributed by atoms with Crippen molar-refractivity contribution in [3.05, 3.63) is 47.3 Å². The molecule has 0 amide bonds. The van der Waals surface area contributed by atoms with Crippen molar-refractivity contribution < 1.29 is 4.39 Å². The molecule has 0 aliphatic heterocycles. The lowest BCUT2D eigenvalue weighted by Crippen LogP contribution is -2.31. The number of hydrazone groups is 1. The average Bonchev–Trinajstić information content (AvgIpc) is 2.30. The Hall–Kier alpha value is -1.46. The first kappa shape index (κ1) is 13.6. The van der Waals surface area contributed by atoms with Crippen LogP contribution in [0.5, 0.6) is 0 Å². The molecule has 6 heteroatoms. The molecule has 1 aromatic rings. The van der Waals surface area contributed by atoms with Gasteiger partial charge in [-0.3, -0.25) is 5.43 Å². The molecule has 0 unspecified atom stereocenters. The van der Waals surface area contributed by atoms with E-state index in [1.165, 1.54) is 18.3 Å². The van der Waals surface area contributed by atoms with Crippen molar-refractivity contribution in [2.45, 2.75) is 0 Å². The number of halogens is 2. The smallest absolute Gasteiger partial charge is 0.187 e. The number of nitrogens with zero attached hydrogens (tertiary/aromatic N) is 1. The number of hydrogen-bond donors (Lipinski definition) is 2. The van der Waals surface area contributed by atoms with E-state index in [2.05, 4.69) is 22.4 Å². The van der Waals surface area contributed by atoms with Gasteiger partial charge in [-0.2, -0.15) is 5.10 Å². The van der Waals surface area contributed by atoms with E-state index < -0.39 is 5.82 Å². The highest BCUT2D eigenvalue weighted by Gasteiger charge is 2.03. The van der Waals surface area contributed by atoms with Crippen LogP contribution in [0.1, 0.15) is 5.56 Å². The largest absolute Gasteiger partial charge is 0.358 e. The van der Waals surface area contributed by atoms with Gasteiger partial charge in [-0.1, -0.05) is 23.7 Å². The molecule has 0 bridgehead atoms. The van der Waals surface area contributed by atoms with Crippen LogP contribution in [0.15, 0.2) is 36.0 Å². The standard InChI is InChI=1S/C11H11ClFN3S/c1-2-6-14-11(17)16-15-7-8-9(12)4-3-5-10(8)13/h2-5,7H,1,6H2,(H2,14,16,17)/b15-7-. The molecular formula is C11H11ClFN3S. The van der Waals surface area contributed by atoms with Crippen molar-refractivity contribution >= 4 is 35.1 Å². The minimum atomic E-state index is -0.437. The second kappa shape index (κ2) is 6.98. The van der Waals surface area contributed by atoms with Gasteiger partial charge < -0.3 is 5.32 Å². The van der Waals surface area contributed by atoms with Crippen LogP contribution in [0, 0.1) is 5.82 Å². The highest BCUT2D eigenvalue weighted by atomic mass is 35.5. The van der Waals surface area contributed by atoms with Crippen LogP contribution in [0.4, 0.5) is 4.39 Å². The highest BCUT2D eigenvalue weighted by molar-refractivity contribution is 7.80. The Morgan fingerprint density at radius 1 is 1.59 bits per heavy atom. The van der Waals surface area contributed by atoms with Gasteiger partial charge in [0, 0.05) is 12.1 Å². The Morgan fingerprint density at radius 3 is 3.00 bits per heavy atom. The van der Waals surface area contributed by atoms with E-state index in [1.807, 2.05) is 0 Å². The Labute approximate surface area is 109 Å². The van der Waals surface area contributed by atoms with Crippen molar-refractivity contribution in [1.29, 1.82) is 0 Å². The summed E-state index contributed by atoms with van der Waals surface area (Å²) in [4.78, 5) is 0. The Morgan fingerprint density at radius 2 is 2.35 bits per heavy atom. The fourth-order valence-electron chi connectivity index (χ4n) is 0.994. The lowest BCUT2D eigenvalue weighted by atomic mass is 10.2. The van der Waals surface area contributed by atoms with Crippen LogP contribution in [-0.2, 0) is 0 Å². The molecular weight excluding hydrogens is 261 g/mol. The van der Waals surface area contributed by atoms with E-state index in [0.717, 1.165) is 0 Å². The van der Waals surface area contributed by atoms with Gasteiger partial charge in [-0.15, -0.1) is 6.58 Å². The summed E-state index contributed by atoms with van der Waals surface area (Å²) in [6.45, 7) is 4.06. The molecule has 0 spiro atoms. The molecule has 0 fully saturated rings. The van der Waals surface area contributed by atoms with E-state index in [-0.39, 0.29) is 5.56 Å². The minimum Gasteiger partial charge on any atom is -0.358 e. The molecule has 2 N–H and O–H groups in total. The van der Waals surface area contributed by atoms with Crippen molar-refractivity contribution in [2.75, 3.05) is 6.54 Å². The summed E-state index contributed by atoms with van der Waals surface area (Å²) < 4.78 is 13.3. The van der Waals surface area contributed by atoms with Crippen LogP contribution in [0.2, 0.25) is 5.02 Å². The quantitative estimate of drug-likeness (QED) is 0.382. The number of hydrogen-bond acceptors (Lipinski definition) is 2. The van der Waals surface area contributed by atoms with E-state index in [1.54, 1.807) is 12.1 Å². The van der Waals surface area contributed by atoms with Gasteiger partial charge in [0.05, 0.1) is 11.2 Å². The molecule has 0 saturated carbocycles. The summed E-state index contributed by atoms with van der Waals surface area (Å²) in [5, 5.41) is 7.21. The molecule has 0 heterocycles. The molecule has 0 atom stereocenters. The summed E-state index contributed by atoms with van der Waals surface area (Å²) in [6.07, 6.45) is 2.94. The monoisotopic (exact) mass is 271 g/mol. The first-order valence-corrected chi connectivity index (χ1v) is 5.55. The Bertz CT molecular complexity index is 428. The summed E-state index contributed by atoms with van der Waals surface area (Å²) in [7, 11) is 0. The Kier molecular flexibility index (Phi) is 5.59. The fourth-order valence-corrected chi connectivity index (χ4v) is 1.34. The van der Waals surface area contributed by atoms with Crippen molar-refractivity contribution in [2.24, 2.45) is 5.10 Å². The Balaban J connectivity index is 2.59. The van der Waals surface area contributed by atoms with E-state index in [4.69, 9.17) is 23.8 Å². The average molecular weight is 272 g/mol. The first-order valence-electron chi connectivity index (χ1n) is 4.77. The van der Waals surface area contributed by atoms with E-state index in [9.17, 15) is 4.39 Å². The third-order valence-electron chi connectivity index (χ3n) is 1.77. The molecule has 1 aromatic carbocycles. The molecule has 0 aliphatic rings. The maximum Gasteiger partial charge on any atom is 0.187 e. The van der Waals surface area contributed by atoms with Crippen molar-refractivity contribution in [1.82, 2.24) is 10.7 Å². The molecule has 0 aromatic heterocycles. The van der Waals surface area contributed by atoms with Gasteiger partial charge in [0.1, 0.15) is 5.82 Å². The van der Waals surface area contributed by atoms with Crippen LogP contribution in [-0.4, -0.2) is 17.9 Å². The SMILES string of the molecule is C=CCNC(=S)N/N=C\c1c(F)cccc1Cl. The number of nitrogens with one attached hydrogen (secondary N) is 2. The zero-order valence-corrected chi connectivity index (χ0v) is 10.5. The van der Waals surface area contributed by atoms with E-state index >= 15 is 0 Å². The second-order valence-corrected chi connectivity index (χ2v) is 3.82. The lowest BCUT2D eigenvalue weighted by molar-refractivity contribution is 0.626. The van der Waals surface area contributed by atoms with Gasteiger partial charge in [0.2, 0.25) is 0 Å². The molecule has 17 heavy (non-hydrogen) atoms. The van der Waals surface area contributed by atoms with Crippen LogP contribution >= 0.6 is 23.8 Å². The molecule has 90 valence electrons. The van der Waals surface area contributed by atoms with Gasteiger partial charge in [0.15, 0.2) is 5.11 Å². The van der Waals surface area contributed by atoms with Crippen molar-refractivity contribution in [3.8, 4) is 0 Å². The maximum atomic E-state index is 13.3.